The summed E-state index contributed by atoms with van der Waals surface area (Å²) in [7, 11) is 0. The van der Waals surface area contributed by atoms with Gasteiger partial charge in [0.25, 0.3) is 0 Å². The minimum absolute atomic E-state index is 0.161. The number of aromatic nitrogens is 2. The molecule has 0 saturated carbocycles. The molecule has 0 fully saturated rings. The number of halogens is 2. The normalized spacial score (nSPS) is 10.5. The number of carbonyl (C=O) groups is 1. The Labute approximate surface area is 138 Å². The van der Waals surface area contributed by atoms with Crippen LogP contribution in [0, 0.1) is 19.7 Å². The number of anilines is 1. The van der Waals surface area contributed by atoms with Gasteiger partial charge < -0.3 is 10.1 Å². The molecule has 1 N–H and O–H groups in total. The molecule has 0 unspecified atom stereocenters. The molecule has 0 aliphatic heterocycles. The molecule has 5 nitrogen and oxygen atoms in total. The molecule has 0 aliphatic rings. The highest BCUT2D eigenvalue weighted by Crippen LogP contribution is 2.22. The lowest BCUT2D eigenvalue weighted by Gasteiger charge is -2.12. The van der Waals surface area contributed by atoms with E-state index in [1.165, 1.54) is 12.1 Å². The van der Waals surface area contributed by atoms with E-state index in [4.69, 9.17) is 16.3 Å². The summed E-state index contributed by atoms with van der Waals surface area (Å²) < 4.78 is 19.0. The van der Waals surface area contributed by atoms with Crippen molar-refractivity contribution in [3.63, 3.8) is 0 Å². The zero-order valence-electron chi connectivity index (χ0n) is 13.1. The molecule has 1 amide bonds. The van der Waals surface area contributed by atoms with Crippen molar-refractivity contribution < 1.29 is 13.9 Å². The van der Waals surface area contributed by atoms with Gasteiger partial charge in [-0.15, -0.1) is 0 Å². The molecule has 1 aromatic heterocycles. The largest absolute Gasteiger partial charge is 0.464 e. The van der Waals surface area contributed by atoms with E-state index in [9.17, 15) is 9.18 Å². The topological polar surface area (TPSA) is 64.1 Å². The van der Waals surface area contributed by atoms with Gasteiger partial charge in [0.15, 0.2) is 0 Å². The Hall–Kier alpha value is -2.21. The summed E-state index contributed by atoms with van der Waals surface area (Å²) >= 11 is 5.93. The van der Waals surface area contributed by atoms with E-state index in [0.717, 1.165) is 0 Å². The fraction of sp³-hybridized carbons (Fsp3) is 0.312. The van der Waals surface area contributed by atoms with Crippen LogP contribution in [0.15, 0.2) is 18.2 Å². The van der Waals surface area contributed by atoms with Gasteiger partial charge in [0.05, 0.1) is 30.1 Å². The van der Waals surface area contributed by atoms with Crippen LogP contribution in [0.2, 0.25) is 5.02 Å². The average Bonchev–Trinajstić information content (AvgIpc) is 2.47. The van der Waals surface area contributed by atoms with Crippen LogP contribution in [-0.4, -0.2) is 22.5 Å². The third kappa shape index (κ3) is 4.16. The Bertz CT molecular complexity index is 694. The molecule has 0 bridgehead atoms. The van der Waals surface area contributed by atoms with Crippen LogP contribution in [-0.2, 0) is 11.2 Å². The van der Waals surface area contributed by atoms with Gasteiger partial charge in [-0.2, -0.15) is 9.97 Å². The standard InChI is InChI=1S/C16H17ClFN3O2/c1-4-23-16-19-9(2)15(10(3)20-16)21-14(22)8-11-12(17)6-5-7-13(11)18/h5-7H,4,8H2,1-3H3,(H,21,22). The highest BCUT2D eigenvalue weighted by Gasteiger charge is 2.15. The molecule has 2 aromatic rings. The van der Waals surface area contributed by atoms with E-state index in [-0.39, 0.29) is 23.0 Å². The van der Waals surface area contributed by atoms with Gasteiger partial charge in [0, 0.05) is 10.6 Å². The second-order valence-corrected chi connectivity index (χ2v) is 5.32. The van der Waals surface area contributed by atoms with E-state index in [2.05, 4.69) is 15.3 Å². The third-order valence-corrected chi connectivity index (χ3v) is 3.54. The first-order valence-corrected chi connectivity index (χ1v) is 7.51. The summed E-state index contributed by atoms with van der Waals surface area (Å²) in [5.74, 6) is -0.903. The third-order valence-electron chi connectivity index (χ3n) is 3.19. The van der Waals surface area contributed by atoms with E-state index < -0.39 is 11.7 Å². The summed E-state index contributed by atoms with van der Waals surface area (Å²) in [6, 6.07) is 4.57. The van der Waals surface area contributed by atoms with Gasteiger partial charge in [0.2, 0.25) is 5.91 Å². The highest BCUT2D eigenvalue weighted by atomic mass is 35.5. The lowest BCUT2D eigenvalue weighted by Crippen LogP contribution is -2.18. The number of rotatable bonds is 5. The fourth-order valence-electron chi connectivity index (χ4n) is 2.11. The maximum Gasteiger partial charge on any atom is 0.316 e. The quantitative estimate of drug-likeness (QED) is 0.907. The van der Waals surface area contributed by atoms with Gasteiger partial charge in [-0.25, -0.2) is 4.39 Å². The molecule has 0 spiro atoms. The fourth-order valence-corrected chi connectivity index (χ4v) is 2.34. The zero-order chi connectivity index (χ0) is 17.0. The van der Waals surface area contributed by atoms with Crippen LogP contribution in [0.25, 0.3) is 0 Å². The summed E-state index contributed by atoms with van der Waals surface area (Å²) in [6.07, 6.45) is -0.169. The minimum Gasteiger partial charge on any atom is -0.464 e. The number of hydrogen-bond acceptors (Lipinski definition) is 4. The number of amides is 1. The molecule has 1 heterocycles. The number of carbonyl (C=O) groups excluding carboxylic acids is 1. The van der Waals surface area contributed by atoms with E-state index in [1.807, 2.05) is 6.92 Å². The predicted molar refractivity (Wildman–Crippen MR) is 86.4 cm³/mol. The van der Waals surface area contributed by atoms with Crippen LogP contribution >= 0.6 is 11.6 Å². The summed E-state index contributed by atoms with van der Waals surface area (Å²) in [5, 5.41) is 2.92. The maximum atomic E-state index is 13.7. The average molecular weight is 338 g/mol. The van der Waals surface area contributed by atoms with Crippen molar-refractivity contribution in [2.75, 3.05) is 11.9 Å². The number of hydrogen-bond donors (Lipinski definition) is 1. The van der Waals surface area contributed by atoms with Crippen molar-refractivity contribution in [2.45, 2.75) is 27.2 Å². The van der Waals surface area contributed by atoms with Gasteiger partial charge in [-0.05, 0) is 32.9 Å². The van der Waals surface area contributed by atoms with Gasteiger partial charge in [-0.3, -0.25) is 4.79 Å². The zero-order valence-corrected chi connectivity index (χ0v) is 13.9. The van der Waals surface area contributed by atoms with Crippen molar-refractivity contribution in [1.82, 2.24) is 9.97 Å². The van der Waals surface area contributed by atoms with Gasteiger partial charge in [0.1, 0.15) is 5.82 Å². The predicted octanol–water partition coefficient (Wildman–Crippen LogP) is 3.47. The molecule has 2 rings (SSSR count). The van der Waals surface area contributed by atoms with Crippen LogP contribution in [0.1, 0.15) is 23.9 Å². The van der Waals surface area contributed by atoms with Gasteiger partial charge in [-0.1, -0.05) is 17.7 Å². The van der Waals surface area contributed by atoms with Crippen molar-refractivity contribution in [3.8, 4) is 6.01 Å². The molecule has 0 aliphatic carbocycles. The lowest BCUT2D eigenvalue weighted by molar-refractivity contribution is -0.115. The molecule has 0 atom stereocenters. The lowest BCUT2D eigenvalue weighted by atomic mass is 10.1. The Balaban J connectivity index is 2.17. The van der Waals surface area contributed by atoms with E-state index >= 15 is 0 Å². The minimum atomic E-state index is -0.510. The van der Waals surface area contributed by atoms with Crippen LogP contribution in [0.4, 0.5) is 10.1 Å². The smallest absolute Gasteiger partial charge is 0.316 e. The van der Waals surface area contributed by atoms with Crippen LogP contribution in [0.3, 0.4) is 0 Å². The number of ether oxygens (including phenoxy) is 1. The molecule has 0 saturated heterocycles. The second-order valence-electron chi connectivity index (χ2n) is 4.91. The summed E-state index contributed by atoms with van der Waals surface area (Å²) in [6.45, 7) is 5.77. The highest BCUT2D eigenvalue weighted by molar-refractivity contribution is 6.31. The monoisotopic (exact) mass is 337 g/mol. The first-order chi connectivity index (χ1) is 10.9. The van der Waals surface area contributed by atoms with Crippen LogP contribution < -0.4 is 10.1 Å². The SMILES string of the molecule is CCOc1nc(C)c(NC(=O)Cc2c(F)cccc2Cl)c(C)n1. The van der Waals surface area contributed by atoms with E-state index in [1.54, 1.807) is 19.9 Å². The van der Waals surface area contributed by atoms with Crippen LogP contribution in [0.5, 0.6) is 6.01 Å². The molecular formula is C16H17ClFN3O2. The molecule has 0 radical (unpaired) electrons. The molecule has 7 heteroatoms. The Morgan fingerprint density at radius 3 is 2.52 bits per heavy atom. The summed E-state index contributed by atoms with van der Waals surface area (Å²) in [5.41, 5.74) is 1.81. The number of nitrogens with zero attached hydrogens (tertiary/aromatic N) is 2. The first-order valence-electron chi connectivity index (χ1n) is 7.13. The Kier molecular flexibility index (Phi) is 5.50. The number of benzene rings is 1. The maximum absolute atomic E-state index is 13.7. The number of nitrogens with one attached hydrogen (secondary N) is 1. The Morgan fingerprint density at radius 1 is 1.30 bits per heavy atom. The van der Waals surface area contributed by atoms with E-state index in [0.29, 0.717) is 23.7 Å². The van der Waals surface area contributed by atoms with Crippen molar-refractivity contribution in [1.29, 1.82) is 0 Å². The van der Waals surface area contributed by atoms with Crippen molar-refractivity contribution >= 4 is 23.2 Å². The molecule has 23 heavy (non-hydrogen) atoms. The number of aryl methyl sites for hydroxylation is 2. The Morgan fingerprint density at radius 2 is 1.96 bits per heavy atom. The second kappa shape index (κ2) is 7.37. The van der Waals surface area contributed by atoms with Crippen molar-refractivity contribution in [3.05, 3.63) is 46.0 Å². The van der Waals surface area contributed by atoms with Gasteiger partial charge >= 0.3 is 6.01 Å². The summed E-state index contributed by atoms with van der Waals surface area (Å²) in [4.78, 5) is 20.5. The van der Waals surface area contributed by atoms with Crippen molar-refractivity contribution in [2.24, 2.45) is 0 Å². The molecular weight excluding hydrogens is 321 g/mol. The first kappa shape index (κ1) is 17.1. The molecule has 1 aromatic carbocycles. The molecule has 122 valence electrons.